The van der Waals surface area contributed by atoms with Crippen LogP contribution in [-0.2, 0) is 0 Å². The second kappa shape index (κ2) is 6.86. The second-order valence-corrected chi connectivity index (χ2v) is 6.12. The number of aromatic nitrogens is 5. The summed E-state index contributed by atoms with van der Waals surface area (Å²) in [6.45, 7) is 1.76. The van der Waals surface area contributed by atoms with Crippen molar-refractivity contribution < 1.29 is 0 Å². The minimum atomic E-state index is 0.282. The largest absolute Gasteiger partial charge is 0.341 e. The lowest BCUT2D eigenvalue weighted by Crippen LogP contribution is -2.40. The zero-order chi connectivity index (χ0) is 17.1. The fourth-order valence-electron chi connectivity index (χ4n) is 2.88. The summed E-state index contributed by atoms with van der Waals surface area (Å²) in [5.41, 5.74) is 9.03. The van der Waals surface area contributed by atoms with E-state index < -0.39 is 0 Å². The van der Waals surface area contributed by atoms with Gasteiger partial charge in [0.2, 0.25) is 11.9 Å². The number of nitrogens with one attached hydrogen (secondary N) is 2. The molecule has 25 heavy (non-hydrogen) atoms. The first kappa shape index (κ1) is 15.5. The molecule has 0 bridgehead atoms. The summed E-state index contributed by atoms with van der Waals surface area (Å²) in [5.74, 6) is 1.23. The van der Waals surface area contributed by atoms with Gasteiger partial charge in [0.25, 0.3) is 0 Å². The molecule has 4 rings (SSSR count). The Bertz CT molecular complexity index is 807. The average molecular weight is 336 g/mol. The monoisotopic (exact) mass is 336 g/mol. The van der Waals surface area contributed by atoms with Gasteiger partial charge in [0.1, 0.15) is 6.33 Å². The van der Waals surface area contributed by atoms with Crippen molar-refractivity contribution in [2.45, 2.75) is 18.9 Å². The predicted molar refractivity (Wildman–Crippen MR) is 96.6 cm³/mol. The van der Waals surface area contributed by atoms with Crippen molar-refractivity contribution >= 4 is 17.6 Å². The third-order valence-electron chi connectivity index (χ3n) is 4.35. The highest BCUT2D eigenvalue weighted by atomic mass is 15.3. The maximum atomic E-state index is 5.96. The van der Waals surface area contributed by atoms with Gasteiger partial charge in [0.15, 0.2) is 0 Å². The first-order valence-electron chi connectivity index (χ1n) is 8.34. The smallest absolute Gasteiger partial charge is 0.231 e. The maximum Gasteiger partial charge on any atom is 0.231 e. The van der Waals surface area contributed by atoms with Gasteiger partial charge < -0.3 is 16.0 Å². The van der Waals surface area contributed by atoms with Gasteiger partial charge >= 0.3 is 0 Å². The molecular formula is C17H20N8. The lowest BCUT2D eigenvalue weighted by Gasteiger charge is -2.30. The number of nitrogens with zero attached hydrogens (tertiary/aromatic N) is 5. The molecule has 1 fully saturated rings. The Kier molecular flexibility index (Phi) is 4.26. The van der Waals surface area contributed by atoms with Gasteiger partial charge in [0, 0.05) is 36.6 Å². The van der Waals surface area contributed by atoms with E-state index in [0.717, 1.165) is 42.7 Å². The Labute approximate surface area is 145 Å². The Morgan fingerprint density at radius 2 is 1.88 bits per heavy atom. The molecule has 0 unspecified atom stereocenters. The molecule has 2 aromatic heterocycles. The van der Waals surface area contributed by atoms with Gasteiger partial charge in [-0.05, 0) is 30.5 Å². The summed E-state index contributed by atoms with van der Waals surface area (Å²) >= 11 is 0. The minimum absolute atomic E-state index is 0.282. The number of piperidine rings is 1. The maximum absolute atomic E-state index is 5.96. The van der Waals surface area contributed by atoms with E-state index >= 15 is 0 Å². The number of H-pyrrole nitrogens is 1. The summed E-state index contributed by atoms with van der Waals surface area (Å²) in [6, 6.07) is 8.32. The Hall–Kier alpha value is -3.00. The first-order valence-corrected chi connectivity index (χ1v) is 8.34. The molecule has 1 saturated heterocycles. The van der Waals surface area contributed by atoms with Crippen molar-refractivity contribution in [2.24, 2.45) is 5.73 Å². The fourth-order valence-corrected chi connectivity index (χ4v) is 2.88. The van der Waals surface area contributed by atoms with Crippen LogP contribution < -0.4 is 16.0 Å². The summed E-state index contributed by atoms with van der Waals surface area (Å²) in [7, 11) is 0. The molecule has 3 heterocycles. The van der Waals surface area contributed by atoms with Crippen LogP contribution in [-0.4, -0.2) is 44.3 Å². The van der Waals surface area contributed by atoms with Crippen molar-refractivity contribution in [2.75, 3.05) is 23.3 Å². The SMILES string of the molecule is NC1CCN(c2ncnc(Nc3ccc(-c4cn[nH]c4)cc3)n2)CC1. The summed E-state index contributed by atoms with van der Waals surface area (Å²) < 4.78 is 0. The fraction of sp³-hybridized carbons (Fsp3) is 0.294. The van der Waals surface area contributed by atoms with Crippen molar-refractivity contribution in [1.29, 1.82) is 0 Å². The second-order valence-electron chi connectivity index (χ2n) is 6.12. The average Bonchev–Trinajstić information content (AvgIpc) is 3.18. The minimum Gasteiger partial charge on any atom is -0.341 e. The Morgan fingerprint density at radius 1 is 1.08 bits per heavy atom. The van der Waals surface area contributed by atoms with Crippen LogP contribution in [0, 0.1) is 0 Å². The first-order chi connectivity index (χ1) is 12.3. The van der Waals surface area contributed by atoms with Crippen LogP contribution in [0.2, 0.25) is 0 Å². The van der Waals surface area contributed by atoms with Gasteiger partial charge in [-0.25, -0.2) is 9.97 Å². The van der Waals surface area contributed by atoms with Crippen LogP contribution in [0.1, 0.15) is 12.8 Å². The number of aromatic amines is 1. The predicted octanol–water partition coefficient (Wildman–Crippen LogP) is 1.93. The van der Waals surface area contributed by atoms with E-state index in [9.17, 15) is 0 Å². The van der Waals surface area contributed by atoms with Gasteiger partial charge in [0.05, 0.1) is 6.20 Å². The lowest BCUT2D eigenvalue weighted by molar-refractivity contribution is 0.495. The topological polar surface area (TPSA) is 109 Å². The molecule has 0 amide bonds. The van der Waals surface area contributed by atoms with E-state index in [0.29, 0.717) is 11.9 Å². The summed E-state index contributed by atoms with van der Waals surface area (Å²) in [6.07, 6.45) is 7.13. The third-order valence-corrected chi connectivity index (χ3v) is 4.35. The quantitative estimate of drug-likeness (QED) is 0.668. The molecule has 1 aliphatic heterocycles. The highest BCUT2D eigenvalue weighted by Crippen LogP contribution is 2.22. The van der Waals surface area contributed by atoms with Crippen LogP contribution in [0.25, 0.3) is 11.1 Å². The zero-order valence-corrected chi connectivity index (χ0v) is 13.8. The van der Waals surface area contributed by atoms with Gasteiger partial charge in [-0.2, -0.15) is 10.1 Å². The number of hydrogen-bond acceptors (Lipinski definition) is 7. The Morgan fingerprint density at radius 3 is 2.60 bits per heavy atom. The number of hydrogen-bond donors (Lipinski definition) is 3. The van der Waals surface area contributed by atoms with Gasteiger partial charge in [-0.3, -0.25) is 5.10 Å². The number of nitrogens with two attached hydrogens (primary N) is 1. The highest BCUT2D eigenvalue weighted by molar-refractivity contribution is 5.66. The van der Waals surface area contributed by atoms with E-state index in [2.05, 4.69) is 35.4 Å². The van der Waals surface area contributed by atoms with Crippen LogP contribution in [0.5, 0.6) is 0 Å². The standard InChI is InChI=1S/C17H20N8/c18-14-5-7-25(8-6-14)17-20-11-19-16(24-17)23-15-3-1-12(2-4-15)13-9-21-22-10-13/h1-4,9-11,14H,5-8,18H2,(H,21,22)(H,19,20,23,24). The lowest BCUT2D eigenvalue weighted by atomic mass is 10.1. The molecule has 1 aromatic carbocycles. The van der Waals surface area contributed by atoms with Gasteiger partial charge in [-0.1, -0.05) is 12.1 Å². The van der Waals surface area contributed by atoms with E-state index in [1.165, 1.54) is 0 Å². The normalized spacial score (nSPS) is 15.3. The van der Waals surface area contributed by atoms with Crippen LogP contribution in [0.4, 0.5) is 17.6 Å². The number of rotatable bonds is 4. The zero-order valence-electron chi connectivity index (χ0n) is 13.8. The van der Waals surface area contributed by atoms with Gasteiger partial charge in [-0.15, -0.1) is 0 Å². The molecule has 4 N–H and O–H groups in total. The molecule has 1 aliphatic rings. The van der Waals surface area contributed by atoms with Crippen LogP contribution in [0.15, 0.2) is 43.0 Å². The van der Waals surface area contributed by atoms with E-state index in [-0.39, 0.29) is 6.04 Å². The summed E-state index contributed by atoms with van der Waals surface area (Å²) in [5, 5.41) is 10.0. The summed E-state index contributed by atoms with van der Waals surface area (Å²) in [4.78, 5) is 15.2. The van der Waals surface area contributed by atoms with E-state index in [1.807, 2.05) is 30.5 Å². The number of benzene rings is 1. The molecular weight excluding hydrogens is 316 g/mol. The molecule has 0 radical (unpaired) electrons. The molecule has 0 aliphatic carbocycles. The Balaban J connectivity index is 1.46. The third kappa shape index (κ3) is 3.58. The molecule has 128 valence electrons. The number of anilines is 3. The molecule has 8 heteroatoms. The van der Waals surface area contributed by atoms with E-state index in [4.69, 9.17) is 5.73 Å². The molecule has 0 saturated carbocycles. The highest BCUT2D eigenvalue weighted by Gasteiger charge is 2.18. The van der Waals surface area contributed by atoms with Crippen LogP contribution in [0.3, 0.4) is 0 Å². The van der Waals surface area contributed by atoms with Crippen LogP contribution >= 0.6 is 0 Å². The molecule has 0 spiro atoms. The molecule has 8 nitrogen and oxygen atoms in total. The van der Waals surface area contributed by atoms with Crippen molar-refractivity contribution in [1.82, 2.24) is 25.1 Å². The molecule has 0 atom stereocenters. The van der Waals surface area contributed by atoms with Crippen molar-refractivity contribution in [3.8, 4) is 11.1 Å². The van der Waals surface area contributed by atoms with Crippen molar-refractivity contribution in [3.63, 3.8) is 0 Å². The van der Waals surface area contributed by atoms with E-state index in [1.54, 1.807) is 12.5 Å². The molecule has 3 aromatic rings. The van der Waals surface area contributed by atoms with Crippen molar-refractivity contribution in [3.05, 3.63) is 43.0 Å².